The number of nitrogens with two attached hydrogens (primary N) is 1. The number of piperazine rings is 1. The highest BCUT2D eigenvalue weighted by molar-refractivity contribution is 4.78. The fraction of sp³-hybridized carbons (Fsp3) is 1.00. The molecule has 5 heteroatoms. The maximum absolute atomic E-state index is 5.78. The summed E-state index contributed by atoms with van der Waals surface area (Å²) in [5.74, 6) is 0. The highest BCUT2D eigenvalue weighted by Gasteiger charge is 2.24. The molecule has 0 bridgehead atoms. The van der Waals surface area contributed by atoms with E-state index in [0.717, 1.165) is 19.6 Å². The van der Waals surface area contributed by atoms with Crippen molar-refractivity contribution in [1.82, 2.24) is 14.7 Å². The normalized spacial score (nSPS) is 32.8. The van der Waals surface area contributed by atoms with Crippen molar-refractivity contribution in [2.75, 3.05) is 66.0 Å². The first-order valence-corrected chi connectivity index (χ1v) is 7.16. The van der Waals surface area contributed by atoms with Crippen molar-refractivity contribution in [3.05, 3.63) is 0 Å². The number of morpholine rings is 1. The van der Waals surface area contributed by atoms with E-state index in [1.807, 2.05) is 0 Å². The summed E-state index contributed by atoms with van der Waals surface area (Å²) < 4.78 is 5.78. The third-order valence-corrected chi connectivity index (χ3v) is 3.99. The number of rotatable bonds is 4. The molecule has 2 saturated heterocycles. The van der Waals surface area contributed by atoms with Crippen LogP contribution in [0.4, 0.5) is 0 Å². The summed E-state index contributed by atoms with van der Waals surface area (Å²) in [6, 6.07) is 0. The Labute approximate surface area is 111 Å². The molecule has 2 aliphatic heterocycles. The summed E-state index contributed by atoms with van der Waals surface area (Å²) in [6.45, 7) is 12.0. The molecule has 0 spiro atoms. The Kier molecular flexibility index (Phi) is 5.38. The van der Waals surface area contributed by atoms with E-state index >= 15 is 0 Å². The van der Waals surface area contributed by atoms with Crippen molar-refractivity contribution in [2.24, 2.45) is 5.73 Å². The Hall–Kier alpha value is -0.200. The minimum absolute atomic E-state index is 0.223. The molecule has 0 aromatic rings. The SMILES string of the molecule is CC1CN(CCN2CCN(C)CC2)CC(CN)O1. The van der Waals surface area contributed by atoms with Crippen molar-refractivity contribution in [1.29, 1.82) is 0 Å². The van der Waals surface area contributed by atoms with E-state index in [9.17, 15) is 0 Å². The summed E-state index contributed by atoms with van der Waals surface area (Å²) in [5, 5.41) is 0. The van der Waals surface area contributed by atoms with Gasteiger partial charge in [0.05, 0.1) is 12.2 Å². The van der Waals surface area contributed by atoms with E-state index in [-0.39, 0.29) is 6.10 Å². The van der Waals surface area contributed by atoms with Crippen LogP contribution in [-0.2, 0) is 4.74 Å². The zero-order valence-electron chi connectivity index (χ0n) is 11.8. The molecular formula is C13H28N4O. The smallest absolute Gasteiger partial charge is 0.0828 e. The van der Waals surface area contributed by atoms with Crippen LogP contribution in [0, 0.1) is 0 Å². The fourth-order valence-electron chi connectivity index (χ4n) is 2.81. The molecule has 0 radical (unpaired) electrons. The molecule has 2 heterocycles. The Morgan fingerprint density at radius 1 is 1.06 bits per heavy atom. The molecule has 0 aromatic carbocycles. The second-order valence-electron chi connectivity index (χ2n) is 5.71. The van der Waals surface area contributed by atoms with E-state index in [4.69, 9.17) is 10.5 Å². The zero-order chi connectivity index (χ0) is 13.0. The van der Waals surface area contributed by atoms with E-state index < -0.39 is 0 Å². The lowest BCUT2D eigenvalue weighted by molar-refractivity contribution is -0.0737. The first kappa shape index (κ1) is 14.2. The predicted molar refractivity (Wildman–Crippen MR) is 73.8 cm³/mol. The minimum Gasteiger partial charge on any atom is -0.371 e. The quantitative estimate of drug-likeness (QED) is 0.719. The second-order valence-corrected chi connectivity index (χ2v) is 5.71. The third kappa shape index (κ3) is 4.17. The van der Waals surface area contributed by atoms with Gasteiger partial charge in [0.15, 0.2) is 0 Å². The van der Waals surface area contributed by atoms with Gasteiger partial charge in [-0.2, -0.15) is 0 Å². The van der Waals surface area contributed by atoms with Crippen LogP contribution in [0.3, 0.4) is 0 Å². The number of hydrogen-bond donors (Lipinski definition) is 1. The lowest BCUT2D eigenvalue weighted by Crippen LogP contribution is -2.52. The number of ether oxygens (including phenoxy) is 1. The highest BCUT2D eigenvalue weighted by atomic mass is 16.5. The number of hydrogen-bond acceptors (Lipinski definition) is 5. The first-order chi connectivity index (χ1) is 8.67. The average Bonchev–Trinajstić information content (AvgIpc) is 2.37. The summed E-state index contributed by atoms with van der Waals surface area (Å²) >= 11 is 0. The molecule has 2 fully saturated rings. The molecule has 0 aliphatic carbocycles. The van der Waals surface area contributed by atoms with Crippen LogP contribution in [0.2, 0.25) is 0 Å². The maximum atomic E-state index is 5.78. The molecule has 2 N–H and O–H groups in total. The summed E-state index contributed by atoms with van der Waals surface area (Å²) in [4.78, 5) is 7.47. The largest absolute Gasteiger partial charge is 0.371 e. The Balaban J connectivity index is 1.69. The van der Waals surface area contributed by atoms with Gasteiger partial charge in [0, 0.05) is 58.9 Å². The topological polar surface area (TPSA) is 45.0 Å². The minimum atomic E-state index is 0.223. The van der Waals surface area contributed by atoms with Gasteiger partial charge in [-0.15, -0.1) is 0 Å². The van der Waals surface area contributed by atoms with E-state index in [2.05, 4.69) is 28.7 Å². The van der Waals surface area contributed by atoms with Crippen LogP contribution in [0.25, 0.3) is 0 Å². The monoisotopic (exact) mass is 256 g/mol. The van der Waals surface area contributed by atoms with Gasteiger partial charge in [0.25, 0.3) is 0 Å². The molecule has 106 valence electrons. The predicted octanol–water partition coefficient (Wildman–Crippen LogP) is -0.718. The molecule has 2 rings (SSSR count). The van der Waals surface area contributed by atoms with Crippen LogP contribution < -0.4 is 5.73 Å². The van der Waals surface area contributed by atoms with Crippen LogP contribution in [0.1, 0.15) is 6.92 Å². The van der Waals surface area contributed by atoms with Crippen LogP contribution >= 0.6 is 0 Å². The van der Waals surface area contributed by atoms with Gasteiger partial charge in [-0.05, 0) is 14.0 Å². The highest BCUT2D eigenvalue weighted by Crippen LogP contribution is 2.10. The van der Waals surface area contributed by atoms with Gasteiger partial charge in [-0.1, -0.05) is 0 Å². The van der Waals surface area contributed by atoms with Crippen LogP contribution in [0.15, 0.2) is 0 Å². The molecule has 2 unspecified atom stereocenters. The third-order valence-electron chi connectivity index (χ3n) is 3.99. The summed E-state index contributed by atoms with van der Waals surface area (Å²) in [6.07, 6.45) is 0.543. The standard InChI is InChI=1S/C13H28N4O/c1-12-10-17(11-13(9-14)18-12)8-7-16-5-3-15(2)4-6-16/h12-13H,3-11,14H2,1-2H3. The Bertz CT molecular complexity index is 243. The van der Waals surface area contributed by atoms with Gasteiger partial charge < -0.3 is 15.4 Å². The number of likely N-dealkylation sites (N-methyl/N-ethyl adjacent to an activating group) is 1. The van der Waals surface area contributed by atoms with E-state index in [0.29, 0.717) is 12.6 Å². The van der Waals surface area contributed by atoms with Crippen molar-refractivity contribution in [3.8, 4) is 0 Å². The van der Waals surface area contributed by atoms with Gasteiger partial charge in [0.1, 0.15) is 0 Å². The molecule has 2 aliphatic rings. The Morgan fingerprint density at radius 3 is 2.39 bits per heavy atom. The van der Waals surface area contributed by atoms with Gasteiger partial charge in [-0.25, -0.2) is 0 Å². The fourth-order valence-corrected chi connectivity index (χ4v) is 2.81. The van der Waals surface area contributed by atoms with E-state index in [1.54, 1.807) is 0 Å². The molecule has 0 amide bonds. The summed E-state index contributed by atoms with van der Waals surface area (Å²) in [5.41, 5.74) is 5.71. The molecule has 5 nitrogen and oxygen atoms in total. The molecule has 0 saturated carbocycles. The molecule has 2 atom stereocenters. The van der Waals surface area contributed by atoms with Gasteiger partial charge in [-0.3, -0.25) is 9.80 Å². The van der Waals surface area contributed by atoms with Crippen LogP contribution in [0.5, 0.6) is 0 Å². The zero-order valence-corrected chi connectivity index (χ0v) is 11.8. The van der Waals surface area contributed by atoms with Crippen molar-refractivity contribution in [3.63, 3.8) is 0 Å². The van der Waals surface area contributed by atoms with Crippen molar-refractivity contribution in [2.45, 2.75) is 19.1 Å². The number of nitrogens with zero attached hydrogens (tertiary/aromatic N) is 3. The van der Waals surface area contributed by atoms with Crippen molar-refractivity contribution < 1.29 is 4.74 Å². The lowest BCUT2D eigenvalue weighted by Gasteiger charge is -2.38. The molecular weight excluding hydrogens is 228 g/mol. The summed E-state index contributed by atoms with van der Waals surface area (Å²) in [7, 11) is 2.20. The van der Waals surface area contributed by atoms with Gasteiger partial charge in [0.2, 0.25) is 0 Å². The Morgan fingerprint density at radius 2 is 1.72 bits per heavy atom. The maximum Gasteiger partial charge on any atom is 0.0828 e. The van der Waals surface area contributed by atoms with E-state index in [1.165, 1.54) is 32.7 Å². The first-order valence-electron chi connectivity index (χ1n) is 7.16. The van der Waals surface area contributed by atoms with Crippen LogP contribution in [-0.4, -0.2) is 92.9 Å². The van der Waals surface area contributed by atoms with Gasteiger partial charge >= 0.3 is 0 Å². The van der Waals surface area contributed by atoms with Crippen molar-refractivity contribution >= 4 is 0 Å². The lowest BCUT2D eigenvalue weighted by atomic mass is 10.2. The molecule has 0 aromatic heterocycles. The molecule has 18 heavy (non-hydrogen) atoms. The average molecular weight is 256 g/mol. The second kappa shape index (κ2) is 6.82.